The summed E-state index contributed by atoms with van der Waals surface area (Å²) >= 11 is 14.0. The van der Waals surface area contributed by atoms with Gasteiger partial charge in [0.1, 0.15) is 0 Å². The highest BCUT2D eigenvalue weighted by Gasteiger charge is 2.06. The Bertz CT molecular complexity index is 558. The molecule has 0 fully saturated rings. The Hall–Kier alpha value is -0.670. The van der Waals surface area contributed by atoms with Crippen molar-refractivity contribution in [3.63, 3.8) is 0 Å². The van der Waals surface area contributed by atoms with Crippen LogP contribution in [0.5, 0.6) is 0 Å². The maximum atomic E-state index is 6.16. The molecule has 0 aromatic heterocycles. The van der Waals surface area contributed by atoms with Crippen molar-refractivity contribution in [2.24, 2.45) is 5.73 Å². The van der Waals surface area contributed by atoms with E-state index >= 15 is 0 Å². The molecular formula is C15H15Cl2NS. The lowest BCUT2D eigenvalue weighted by Crippen LogP contribution is -2.03. The summed E-state index contributed by atoms with van der Waals surface area (Å²) in [7, 11) is 0. The lowest BCUT2D eigenvalue weighted by molar-refractivity contribution is 0.944. The molecule has 0 spiro atoms. The summed E-state index contributed by atoms with van der Waals surface area (Å²) in [6, 6.07) is 13.8. The van der Waals surface area contributed by atoms with Gasteiger partial charge in [-0.2, -0.15) is 0 Å². The molecule has 4 heteroatoms. The SMILES string of the molecule is NCCc1ccc(Cl)cc1SCc1ccccc1Cl. The number of thioether (sulfide) groups is 1. The van der Waals surface area contributed by atoms with Crippen molar-refractivity contribution < 1.29 is 0 Å². The Balaban J connectivity index is 2.14. The fourth-order valence-corrected chi connectivity index (χ4v) is 3.44. The van der Waals surface area contributed by atoms with Gasteiger partial charge in [0.25, 0.3) is 0 Å². The standard InChI is InChI=1S/C15H15Cl2NS/c16-13-6-5-11(7-8-18)15(9-13)19-10-12-3-1-2-4-14(12)17/h1-6,9H,7-8,10,18H2. The van der Waals surface area contributed by atoms with E-state index < -0.39 is 0 Å². The van der Waals surface area contributed by atoms with Gasteiger partial charge in [-0.3, -0.25) is 0 Å². The Kier molecular flexibility index (Phi) is 5.59. The molecule has 0 amide bonds. The number of hydrogen-bond acceptors (Lipinski definition) is 2. The van der Waals surface area contributed by atoms with E-state index in [1.54, 1.807) is 11.8 Å². The first-order valence-electron chi connectivity index (χ1n) is 6.05. The number of hydrogen-bond donors (Lipinski definition) is 1. The molecule has 0 aliphatic rings. The van der Waals surface area contributed by atoms with Gasteiger partial charge in [0.15, 0.2) is 0 Å². The van der Waals surface area contributed by atoms with Gasteiger partial charge in [-0.05, 0) is 42.3 Å². The van der Waals surface area contributed by atoms with E-state index in [9.17, 15) is 0 Å². The lowest BCUT2D eigenvalue weighted by Gasteiger charge is -2.10. The average molecular weight is 312 g/mol. The maximum Gasteiger partial charge on any atom is 0.0446 e. The molecule has 0 bridgehead atoms. The summed E-state index contributed by atoms with van der Waals surface area (Å²) < 4.78 is 0. The van der Waals surface area contributed by atoms with Gasteiger partial charge in [0.05, 0.1) is 0 Å². The van der Waals surface area contributed by atoms with Crippen LogP contribution in [0.4, 0.5) is 0 Å². The Morgan fingerprint density at radius 1 is 1.00 bits per heavy atom. The van der Waals surface area contributed by atoms with Crippen molar-refractivity contribution in [2.45, 2.75) is 17.1 Å². The van der Waals surface area contributed by atoms with Crippen LogP contribution in [-0.4, -0.2) is 6.54 Å². The van der Waals surface area contributed by atoms with E-state index in [2.05, 4.69) is 0 Å². The highest BCUT2D eigenvalue weighted by Crippen LogP contribution is 2.31. The van der Waals surface area contributed by atoms with Gasteiger partial charge >= 0.3 is 0 Å². The molecule has 0 atom stereocenters. The molecule has 1 nitrogen and oxygen atoms in total. The molecule has 100 valence electrons. The van der Waals surface area contributed by atoms with E-state index in [1.807, 2.05) is 42.5 Å². The third kappa shape index (κ3) is 4.15. The fraction of sp³-hybridized carbons (Fsp3) is 0.200. The van der Waals surface area contributed by atoms with Crippen LogP contribution in [0.2, 0.25) is 10.0 Å². The number of halogens is 2. The largest absolute Gasteiger partial charge is 0.330 e. The Labute approximate surface area is 128 Å². The first-order chi connectivity index (χ1) is 9.20. The van der Waals surface area contributed by atoms with Crippen LogP contribution in [0.3, 0.4) is 0 Å². The molecule has 2 aromatic rings. The molecule has 0 saturated carbocycles. The van der Waals surface area contributed by atoms with Gasteiger partial charge in [-0.1, -0.05) is 47.5 Å². The highest BCUT2D eigenvalue weighted by molar-refractivity contribution is 7.98. The van der Waals surface area contributed by atoms with Crippen LogP contribution in [0, 0.1) is 0 Å². The molecule has 0 heterocycles. The van der Waals surface area contributed by atoms with Crippen molar-refractivity contribution in [3.8, 4) is 0 Å². The normalized spacial score (nSPS) is 10.7. The third-order valence-corrected chi connectivity index (χ3v) is 4.53. The van der Waals surface area contributed by atoms with Crippen LogP contribution in [0.15, 0.2) is 47.4 Å². The minimum Gasteiger partial charge on any atom is -0.330 e. The second kappa shape index (κ2) is 7.20. The van der Waals surface area contributed by atoms with Gasteiger partial charge in [-0.25, -0.2) is 0 Å². The summed E-state index contributed by atoms with van der Waals surface area (Å²) in [4.78, 5) is 1.18. The molecule has 0 aliphatic heterocycles. The van der Waals surface area contributed by atoms with Crippen molar-refractivity contribution >= 4 is 35.0 Å². The Morgan fingerprint density at radius 3 is 2.53 bits per heavy atom. The summed E-state index contributed by atoms with van der Waals surface area (Å²) in [6.07, 6.45) is 0.863. The molecule has 0 aliphatic carbocycles. The zero-order valence-corrected chi connectivity index (χ0v) is 12.7. The molecule has 0 radical (unpaired) electrons. The van der Waals surface area contributed by atoms with Gasteiger partial charge in [-0.15, -0.1) is 11.8 Å². The first kappa shape index (κ1) is 14.7. The molecular weight excluding hydrogens is 297 g/mol. The van der Waals surface area contributed by atoms with E-state index in [0.29, 0.717) is 6.54 Å². The topological polar surface area (TPSA) is 26.0 Å². The highest BCUT2D eigenvalue weighted by atomic mass is 35.5. The third-order valence-electron chi connectivity index (χ3n) is 2.78. The number of benzene rings is 2. The minimum absolute atomic E-state index is 0.640. The second-order valence-electron chi connectivity index (χ2n) is 4.17. The predicted molar refractivity (Wildman–Crippen MR) is 85.2 cm³/mol. The molecule has 2 N–H and O–H groups in total. The van der Waals surface area contributed by atoms with Crippen LogP contribution < -0.4 is 5.73 Å². The molecule has 0 unspecified atom stereocenters. The van der Waals surface area contributed by atoms with Gasteiger partial charge < -0.3 is 5.73 Å². The van der Waals surface area contributed by atoms with Crippen LogP contribution in [-0.2, 0) is 12.2 Å². The fourth-order valence-electron chi connectivity index (χ4n) is 1.80. The predicted octanol–water partition coefficient (Wildman–Crippen LogP) is 4.79. The average Bonchev–Trinajstić information content (AvgIpc) is 2.41. The summed E-state index contributed by atoms with van der Waals surface area (Å²) in [5.41, 5.74) is 8.01. The molecule has 0 saturated heterocycles. The van der Waals surface area contributed by atoms with E-state index in [0.717, 1.165) is 27.8 Å². The summed E-state index contributed by atoms with van der Waals surface area (Å²) in [6.45, 7) is 0.640. The van der Waals surface area contributed by atoms with Crippen LogP contribution in [0.25, 0.3) is 0 Å². The smallest absolute Gasteiger partial charge is 0.0446 e. The van der Waals surface area contributed by atoms with Crippen molar-refractivity contribution in [3.05, 3.63) is 63.6 Å². The van der Waals surface area contributed by atoms with E-state index in [1.165, 1.54) is 10.5 Å². The minimum atomic E-state index is 0.640. The Morgan fingerprint density at radius 2 is 1.79 bits per heavy atom. The quantitative estimate of drug-likeness (QED) is 0.804. The maximum absolute atomic E-state index is 6.16. The van der Waals surface area contributed by atoms with Crippen molar-refractivity contribution in [2.75, 3.05) is 6.54 Å². The number of nitrogens with two attached hydrogens (primary N) is 1. The zero-order valence-electron chi connectivity index (χ0n) is 10.4. The van der Waals surface area contributed by atoms with Gasteiger partial charge in [0.2, 0.25) is 0 Å². The van der Waals surface area contributed by atoms with E-state index in [-0.39, 0.29) is 0 Å². The van der Waals surface area contributed by atoms with Crippen LogP contribution >= 0.6 is 35.0 Å². The van der Waals surface area contributed by atoms with Crippen molar-refractivity contribution in [1.82, 2.24) is 0 Å². The lowest BCUT2D eigenvalue weighted by atomic mass is 10.1. The number of rotatable bonds is 5. The molecule has 19 heavy (non-hydrogen) atoms. The second-order valence-corrected chi connectivity index (χ2v) is 6.03. The van der Waals surface area contributed by atoms with Crippen LogP contribution in [0.1, 0.15) is 11.1 Å². The van der Waals surface area contributed by atoms with Crippen molar-refractivity contribution in [1.29, 1.82) is 0 Å². The zero-order chi connectivity index (χ0) is 13.7. The summed E-state index contributed by atoms with van der Waals surface area (Å²) in [5.74, 6) is 0.831. The van der Waals surface area contributed by atoms with E-state index in [4.69, 9.17) is 28.9 Å². The van der Waals surface area contributed by atoms with Gasteiger partial charge in [0, 0.05) is 20.7 Å². The summed E-state index contributed by atoms with van der Waals surface area (Å²) in [5, 5.41) is 1.56. The molecule has 2 aromatic carbocycles. The first-order valence-corrected chi connectivity index (χ1v) is 7.79. The molecule has 2 rings (SSSR count). The monoisotopic (exact) mass is 311 g/mol.